The van der Waals surface area contributed by atoms with Crippen LogP contribution in [-0.2, 0) is 5.60 Å². The lowest BCUT2D eigenvalue weighted by atomic mass is 9.90. The van der Waals surface area contributed by atoms with E-state index in [1.165, 1.54) is 12.1 Å². The molecule has 0 amide bonds. The highest BCUT2D eigenvalue weighted by atomic mass is 19.1. The number of fused-ring (bicyclic) bond motifs is 1. The number of benzene rings is 2. The van der Waals surface area contributed by atoms with E-state index in [-0.39, 0.29) is 5.82 Å². The van der Waals surface area contributed by atoms with Crippen molar-refractivity contribution >= 4 is 0 Å². The molecule has 2 aromatic rings. The van der Waals surface area contributed by atoms with E-state index in [1.807, 2.05) is 30.3 Å². The Balaban J connectivity index is 1.38. The van der Waals surface area contributed by atoms with E-state index >= 15 is 0 Å². The predicted octanol–water partition coefficient (Wildman–Crippen LogP) is 3.09. The summed E-state index contributed by atoms with van der Waals surface area (Å²) in [6, 6.07) is 16.1. The quantitative estimate of drug-likeness (QED) is 0.898. The third-order valence-electron chi connectivity index (χ3n) is 5.83. The maximum absolute atomic E-state index is 13.3. The van der Waals surface area contributed by atoms with Gasteiger partial charge in [0, 0.05) is 19.6 Å². The van der Waals surface area contributed by atoms with Crippen molar-refractivity contribution in [2.24, 2.45) is 11.8 Å². The van der Waals surface area contributed by atoms with Crippen LogP contribution >= 0.6 is 0 Å². The molecule has 1 aliphatic heterocycles. The van der Waals surface area contributed by atoms with E-state index < -0.39 is 11.7 Å². The van der Waals surface area contributed by atoms with E-state index in [4.69, 9.17) is 0 Å². The lowest BCUT2D eigenvalue weighted by Crippen LogP contribution is -2.31. The molecule has 132 valence electrons. The van der Waals surface area contributed by atoms with Crippen molar-refractivity contribution in [2.75, 3.05) is 19.6 Å². The maximum Gasteiger partial charge on any atom is 0.123 e. The summed E-state index contributed by atoms with van der Waals surface area (Å²) in [6.07, 6.45) is 0.866. The Morgan fingerprint density at radius 2 is 1.72 bits per heavy atom. The standard InChI is InChI=1S/C21H24FNO2/c22-19-8-4-5-15(9-19)20(24)14-23-12-16-10-21(25,11-17(16)13-23)18-6-2-1-3-7-18/h1-9,16-17,20,24-25H,10-14H2/t16-,17+,20?,21-. The van der Waals surface area contributed by atoms with Crippen LogP contribution in [0.3, 0.4) is 0 Å². The summed E-state index contributed by atoms with van der Waals surface area (Å²) in [5, 5.41) is 21.4. The fourth-order valence-corrected chi connectivity index (χ4v) is 4.65. The van der Waals surface area contributed by atoms with Gasteiger partial charge < -0.3 is 10.2 Å². The monoisotopic (exact) mass is 341 g/mol. The van der Waals surface area contributed by atoms with Crippen LogP contribution in [0.5, 0.6) is 0 Å². The average Bonchev–Trinajstić information content (AvgIpc) is 3.10. The van der Waals surface area contributed by atoms with Crippen LogP contribution in [0.15, 0.2) is 54.6 Å². The van der Waals surface area contributed by atoms with Crippen molar-refractivity contribution in [2.45, 2.75) is 24.5 Å². The summed E-state index contributed by atoms with van der Waals surface area (Å²) >= 11 is 0. The van der Waals surface area contributed by atoms with Crippen molar-refractivity contribution in [3.8, 4) is 0 Å². The average molecular weight is 341 g/mol. The van der Waals surface area contributed by atoms with E-state index in [1.54, 1.807) is 12.1 Å². The lowest BCUT2D eigenvalue weighted by molar-refractivity contribution is 0.0288. The fourth-order valence-electron chi connectivity index (χ4n) is 4.65. The zero-order chi connectivity index (χ0) is 17.4. The van der Waals surface area contributed by atoms with Crippen molar-refractivity contribution in [3.63, 3.8) is 0 Å². The molecule has 3 nitrogen and oxygen atoms in total. The smallest absolute Gasteiger partial charge is 0.123 e. The molecule has 2 fully saturated rings. The molecule has 4 heteroatoms. The minimum Gasteiger partial charge on any atom is -0.387 e. The number of β-amino-alcohol motifs (C(OH)–C–C–N with tert-alkyl or cyclic N) is 1. The van der Waals surface area contributed by atoms with E-state index in [0.29, 0.717) is 23.9 Å². The van der Waals surface area contributed by atoms with Crippen molar-refractivity contribution < 1.29 is 14.6 Å². The summed E-state index contributed by atoms with van der Waals surface area (Å²) in [5.74, 6) is 0.581. The van der Waals surface area contributed by atoms with Gasteiger partial charge in [-0.15, -0.1) is 0 Å². The summed E-state index contributed by atoms with van der Waals surface area (Å²) in [7, 11) is 0. The largest absolute Gasteiger partial charge is 0.387 e. The number of hydrogen-bond donors (Lipinski definition) is 2. The van der Waals surface area contributed by atoms with Crippen LogP contribution in [0, 0.1) is 17.7 Å². The Morgan fingerprint density at radius 1 is 1.04 bits per heavy atom. The second-order valence-electron chi connectivity index (χ2n) is 7.62. The number of likely N-dealkylation sites (tertiary alicyclic amines) is 1. The molecule has 1 saturated heterocycles. The zero-order valence-corrected chi connectivity index (χ0v) is 14.2. The minimum absolute atomic E-state index is 0.317. The highest BCUT2D eigenvalue weighted by Gasteiger charge is 2.49. The van der Waals surface area contributed by atoms with Crippen LogP contribution in [0.25, 0.3) is 0 Å². The normalized spacial score (nSPS) is 30.4. The SMILES string of the molecule is OC(CN1C[C@@H]2C[C@@](O)(c3ccccc3)C[C@@H]2C1)c1cccc(F)c1. The van der Waals surface area contributed by atoms with Gasteiger partial charge in [-0.1, -0.05) is 42.5 Å². The third kappa shape index (κ3) is 3.34. The van der Waals surface area contributed by atoms with Crippen LogP contribution in [0.4, 0.5) is 4.39 Å². The van der Waals surface area contributed by atoms with Crippen molar-refractivity contribution in [1.29, 1.82) is 0 Å². The second-order valence-corrected chi connectivity index (χ2v) is 7.62. The third-order valence-corrected chi connectivity index (χ3v) is 5.83. The van der Waals surface area contributed by atoms with Gasteiger partial charge in [-0.2, -0.15) is 0 Å². The van der Waals surface area contributed by atoms with Gasteiger partial charge in [0.05, 0.1) is 11.7 Å². The van der Waals surface area contributed by atoms with Gasteiger partial charge in [-0.3, -0.25) is 4.90 Å². The summed E-state index contributed by atoms with van der Waals surface area (Å²) in [4.78, 5) is 2.25. The van der Waals surface area contributed by atoms with Gasteiger partial charge in [0.25, 0.3) is 0 Å². The molecule has 4 rings (SSSR count). The summed E-state index contributed by atoms with van der Waals surface area (Å²) in [5.41, 5.74) is 0.915. The first-order chi connectivity index (χ1) is 12.0. The highest BCUT2D eigenvalue weighted by molar-refractivity contribution is 5.25. The predicted molar refractivity (Wildman–Crippen MR) is 94.4 cm³/mol. The lowest BCUT2D eigenvalue weighted by Gasteiger charge is -2.27. The molecule has 25 heavy (non-hydrogen) atoms. The van der Waals surface area contributed by atoms with Crippen LogP contribution in [0.2, 0.25) is 0 Å². The Morgan fingerprint density at radius 3 is 2.36 bits per heavy atom. The zero-order valence-electron chi connectivity index (χ0n) is 14.2. The topological polar surface area (TPSA) is 43.7 Å². The van der Waals surface area contributed by atoms with Gasteiger partial charge in [0.15, 0.2) is 0 Å². The molecule has 1 aliphatic carbocycles. The first-order valence-corrected chi connectivity index (χ1v) is 8.97. The van der Waals surface area contributed by atoms with Gasteiger partial charge in [0.2, 0.25) is 0 Å². The summed E-state index contributed by atoms with van der Waals surface area (Å²) in [6.45, 7) is 2.28. The fraction of sp³-hybridized carbons (Fsp3) is 0.429. The molecular weight excluding hydrogens is 317 g/mol. The number of aliphatic hydroxyl groups is 2. The van der Waals surface area contributed by atoms with E-state index in [0.717, 1.165) is 31.5 Å². The van der Waals surface area contributed by atoms with Gasteiger partial charge in [-0.25, -0.2) is 4.39 Å². The highest BCUT2D eigenvalue weighted by Crippen LogP contribution is 2.49. The molecule has 2 aliphatic rings. The van der Waals surface area contributed by atoms with Crippen molar-refractivity contribution in [1.82, 2.24) is 4.90 Å². The Hall–Kier alpha value is -1.75. The molecule has 0 radical (unpaired) electrons. The molecule has 1 saturated carbocycles. The molecule has 2 aromatic carbocycles. The number of hydrogen-bond acceptors (Lipinski definition) is 3. The van der Waals surface area contributed by atoms with Gasteiger partial charge in [0.1, 0.15) is 5.82 Å². The first-order valence-electron chi connectivity index (χ1n) is 8.97. The van der Waals surface area contributed by atoms with E-state index in [2.05, 4.69) is 4.90 Å². The Labute approximate surface area is 147 Å². The second kappa shape index (κ2) is 6.52. The Kier molecular flexibility index (Phi) is 4.36. The number of aliphatic hydroxyl groups excluding tert-OH is 1. The number of nitrogens with zero attached hydrogens (tertiary/aromatic N) is 1. The minimum atomic E-state index is -0.718. The van der Waals surface area contributed by atoms with Crippen LogP contribution < -0.4 is 0 Å². The van der Waals surface area contributed by atoms with Gasteiger partial charge >= 0.3 is 0 Å². The Bertz CT molecular complexity index is 722. The molecular formula is C21H24FNO2. The maximum atomic E-state index is 13.3. The molecule has 0 bridgehead atoms. The molecule has 2 N–H and O–H groups in total. The van der Waals surface area contributed by atoms with Crippen LogP contribution in [0.1, 0.15) is 30.1 Å². The van der Waals surface area contributed by atoms with Gasteiger partial charge in [-0.05, 0) is 47.9 Å². The number of rotatable bonds is 4. The molecule has 0 aromatic heterocycles. The summed E-state index contributed by atoms with van der Waals surface area (Å²) < 4.78 is 13.3. The van der Waals surface area contributed by atoms with Crippen LogP contribution in [-0.4, -0.2) is 34.7 Å². The van der Waals surface area contributed by atoms with Crippen molar-refractivity contribution in [3.05, 3.63) is 71.5 Å². The van der Waals surface area contributed by atoms with E-state index in [9.17, 15) is 14.6 Å². The molecule has 4 atom stereocenters. The molecule has 0 spiro atoms. The molecule has 1 heterocycles. The number of halogens is 1. The molecule has 1 unspecified atom stereocenters. The first kappa shape index (κ1) is 16.7.